The van der Waals surface area contributed by atoms with Crippen molar-refractivity contribution in [1.29, 1.82) is 0 Å². The lowest BCUT2D eigenvalue weighted by molar-refractivity contribution is 0.0409. The number of hydrogen-bond acceptors (Lipinski definition) is 5. The Morgan fingerprint density at radius 2 is 2.18 bits per heavy atom. The molecule has 0 unspecified atom stereocenters. The van der Waals surface area contributed by atoms with Crippen molar-refractivity contribution in [1.82, 2.24) is 19.9 Å². The smallest absolute Gasteiger partial charge is 0.263 e. The van der Waals surface area contributed by atoms with Gasteiger partial charge < -0.3 is 9.63 Å². The zero-order valence-electron chi connectivity index (χ0n) is 12.2. The molecule has 7 heteroatoms. The number of aliphatic hydroxyl groups is 1. The lowest BCUT2D eigenvalue weighted by Gasteiger charge is -2.22. The molecule has 1 N–H and O–H groups in total. The van der Waals surface area contributed by atoms with Gasteiger partial charge in [0.2, 0.25) is 5.82 Å². The monoisotopic (exact) mass is 318 g/mol. The Labute approximate surface area is 132 Å². The Kier molecular flexibility index (Phi) is 3.72. The first kappa shape index (κ1) is 14.7. The van der Waals surface area contributed by atoms with Crippen molar-refractivity contribution in [2.45, 2.75) is 18.9 Å². The summed E-state index contributed by atoms with van der Waals surface area (Å²) in [4.78, 5) is 4.30. The number of rotatable bonds is 4. The Bertz CT molecular complexity index is 798. The highest BCUT2D eigenvalue weighted by Crippen LogP contribution is 2.33. The van der Waals surface area contributed by atoms with Crippen LogP contribution in [0.2, 0.25) is 5.02 Å². The van der Waals surface area contributed by atoms with Crippen LogP contribution >= 0.6 is 11.6 Å². The van der Waals surface area contributed by atoms with Crippen LogP contribution in [0.4, 0.5) is 0 Å². The van der Waals surface area contributed by atoms with E-state index in [1.54, 1.807) is 48.3 Å². The number of hydrogen-bond donors (Lipinski definition) is 1. The van der Waals surface area contributed by atoms with Crippen LogP contribution in [0.25, 0.3) is 11.5 Å². The molecule has 3 rings (SSSR count). The van der Waals surface area contributed by atoms with E-state index in [2.05, 4.69) is 15.2 Å². The lowest BCUT2D eigenvalue weighted by atomic mass is 9.91. The zero-order chi connectivity index (χ0) is 15.7. The fraction of sp³-hybridized carbons (Fsp3) is 0.267. The number of halogens is 1. The summed E-state index contributed by atoms with van der Waals surface area (Å²) in [5.41, 5.74) is -0.189. The molecule has 0 fully saturated rings. The molecule has 0 aliphatic carbocycles. The fourth-order valence-corrected chi connectivity index (χ4v) is 2.44. The highest BCUT2D eigenvalue weighted by molar-refractivity contribution is 6.30. The highest BCUT2D eigenvalue weighted by Gasteiger charge is 2.36. The molecule has 22 heavy (non-hydrogen) atoms. The molecule has 0 bridgehead atoms. The van der Waals surface area contributed by atoms with Crippen molar-refractivity contribution in [2.24, 2.45) is 7.05 Å². The molecule has 1 atom stereocenters. The van der Waals surface area contributed by atoms with E-state index < -0.39 is 5.60 Å². The van der Waals surface area contributed by atoms with Crippen LogP contribution < -0.4 is 0 Å². The minimum atomic E-state index is -1.38. The summed E-state index contributed by atoms with van der Waals surface area (Å²) >= 11 is 6.01. The van der Waals surface area contributed by atoms with Gasteiger partial charge in [0.05, 0.1) is 0 Å². The summed E-state index contributed by atoms with van der Waals surface area (Å²) in [6.45, 7) is 1.84. The van der Waals surface area contributed by atoms with E-state index in [0.717, 1.165) is 0 Å². The van der Waals surface area contributed by atoms with Crippen LogP contribution in [0.5, 0.6) is 0 Å². The van der Waals surface area contributed by atoms with E-state index in [4.69, 9.17) is 16.1 Å². The van der Waals surface area contributed by atoms with Gasteiger partial charge in [-0.3, -0.25) is 4.68 Å². The fourth-order valence-electron chi connectivity index (χ4n) is 2.25. The Morgan fingerprint density at radius 1 is 1.36 bits per heavy atom. The largest absolute Gasteiger partial charge is 0.375 e. The molecule has 6 nitrogen and oxygen atoms in total. The van der Waals surface area contributed by atoms with Gasteiger partial charge in [-0.15, -0.1) is 0 Å². The summed E-state index contributed by atoms with van der Waals surface area (Å²) in [7, 11) is 1.80. The van der Waals surface area contributed by atoms with Crippen molar-refractivity contribution in [3.63, 3.8) is 0 Å². The van der Waals surface area contributed by atoms with Gasteiger partial charge in [0.15, 0.2) is 5.60 Å². The maximum Gasteiger partial charge on any atom is 0.263 e. The van der Waals surface area contributed by atoms with Gasteiger partial charge in [-0.1, -0.05) is 35.8 Å². The predicted octanol–water partition coefficient (Wildman–Crippen LogP) is 2.77. The van der Waals surface area contributed by atoms with E-state index in [0.29, 0.717) is 28.5 Å². The minimum Gasteiger partial charge on any atom is -0.375 e. The summed E-state index contributed by atoms with van der Waals surface area (Å²) < 4.78 is 6.92. The van der Waals surface area contributed by atoms with Crippen molar-refractivity contribution in [3.8, 4) is 11.5 Å². The van der Waals surface area contributed by atoms with Gasteiger partial charge in [-0.05, 0) is 30.2 Å². The van der Waals surface area contributed by atoms with E-state index in [-0.39, 0.29) is 5.89 Å². The third-order valence-electron chi connectivity index (χ3n) is 3.54. The molecule has 1 aromatic carbocycles. The summed E-state index contributed by atoms with van der Waals surface area (Å²) in [5, 5.41) is 19.6. The summed E-state index contributed by atoms with van der Waals surface area (Å²) in [5.74, 6) is 0.461. The van der Waals surface area contributed by atoms with Gasteiger partial charge >= 0.3 is 0 Å². The van der Waals surface area contributed by atoms with Gasteiger partial charge in [-0.2, -0.15) is 10.1 Å². The van der Waals surface area contributed by atoms with Crippen molar-refractivity contribution < 1.29 is 9.63 Å². The van der Waals surface area contributed by atoms with E-state index in [1.807, 2.05) is 6.92 Å². The molecule has 0 amide bonds. The van der Waals surface area contributed by atoms with E-state index in [1.165, 1.54) is 0 Å². The molecule has 2 heterocycles. The number of aryl methyl sites for hydroxylation is 1. The Hall–Kier alpha value is -2.18. The second-order valence-electron chi connectivity index (χ2n) is 5.02. The second-order valence-corrected chi connectivity index (χ2v) is 5.46. The van der Waals surface area contributed by atoms with E-state index >= 15 is 0 Å². The number of benzene rings is 1. The van der Waals surface area contributed by atoms with E-state index in [9.17, 15) is 5.11 Å². The zero-order valence-corrected chi connectivity index (χ0v) is 12.9. The van der Waals surface area contributed by atoms with Gasteiger partial charge in [0.1, 0.15) is 5.69 Å². The first-order valence-electron chi connectivity index (χ1n) is 6.85. The third kappa shape index (κ3) is 2.51. The minimum absolute atomic E-state index is 0.123. The topological polar surface area (TPSA) is 77.0 Å². The Balaban J connectivity index is 2.02. The van der Waals surface area contributed by atoms with Gasteiger partial charge in [-0.25, -0.2) is 0 Å². The molecule has 0 spiro atoms. The maximum atomic E-state index is 11.0. The van der Waals surface area contributed by atoms with Crippen LogP contribution in [-0.4, -0.2) is 25.0 Å². The van der Waals surface area contributed by atoms with Crippen LogP contribution in [0, 0.1) is 0 Å². The van der Waals surface area contributed by atoms with Crippen LogP contribution in [0.3, 0.4) is 0 Å². The van der Waals surface area contributed by atoms with Crippen molar-refractivity contribution in [2.75, 3.05) is 0 Å². The lowest BCUT2D eigenvalue weighted by Crippen LogP contribution is -2.26. The first-order valence-corrected chi connectivity index (χ1v) is 7.23. The van der Waals surface area contributed by atoms with Crippen LogP contribution in [0.15, 0.2) is 41.1 Å². The molecular formula is C15H15ClN4O2. The first-order chi connectivity index (χ1) is 10.5. The molecule has 3 aromatic rings. The number of aromatic nitrogens is 4. The highest BCUT2D eigenvalue weighted by atomic mass is 35.5. The van der Waals surface area contributed by atoms with Crippen molar-refractivity contribution in [3.05, 3.63) is 53.0 Å². The molecule has 2 aromatic heterocycles. The molecule has 0 saturated carbocycles. The molecule has 0 aliphatic heterocycles. The average Bonchev–Trinajstić information content (AvgIpc) is 3.15. The SMILES string of the molecule is CC[C@@](O)(c1cccc(Cl)c1)c1nc(-c2ccn(C)n2)no1. The quantitative estimate of drug-likeness (QED) is 0.800. The molecule has 0 radical (unpaired) electrons. The second kappa shape index (κ2) is 5.55. The van der Waals surface area contributed by atoms with Crippen LogP contribution in [-0.2, 0) is 12.6 Å². The molecule has 0 saturated heterocycles. The third-order valence-corrected chi connectivity index (χ3v) is 3.77. The average molecular weight is 319 g/mol. The molecule has 0 aliphatic rings. The molecular weight excluding hydrogens is 304 g/mol. The summed E-state index contributed by atoms with van der Waals surface area (Å²) in [6.07, 6.45) is 2.16. The number of nitrogens with zero attached hydrogens (tertiary/aromatic N) is 4. The summed E-state index contributed by atoms with van der Waals surface area (Å²) in [6, 6.07) is 8.76. The standard InChI is InChI=1S/C15H15ClN4O2/c1-3-15(21,10-5-4-6-11(16)9-10)14-17-13(19-22-14)12-7-8-20(2)18-12/h4-9,21H,3H2,1-2H3/t15-/m1/s1. The van der Waals surface area contributed by atoms with Gasteiger partial charge in [0, 0.05) is 18.3 Å². The predicted molar refractivity (Wildman–Crippen MR) is 81.2 cm³/mol. The Morgan fingerprint density at radius 3 is 2.82 bits per heavy atom. The maximum absolute atomic E-state index is 11.0. The van der Waals surface area contributed by atoms with Gasteiger partial charge in [0.25, 0.3) is 5.89 Å². The molecule has 114 valence electrons. The van der Waals surface area contributed by atoms with Crippen LogP contribution in [0.1, 0.15) is 24.8 Å². The van der Waals surface area contributed by atoms with Crippen molar-refractivity contribution >= 4 is 11.6 Å². The normalized spacial score (nSPS) is 14.0.